The first-order valence-electron chi connectivity index (χ1n) is 9.99. The monoisotopic (exact) mass is 472 g/mol. The highest BCUT2D eigenvalue weighted by Gasteiger charge is 2.11. The lowest BCUT2D eigenvalue weighted by Gasteiger charge is -2.08. The molecule has 0 bridgehead atoms. The van der Waals surface area contributed by atoms with E-state index in [9.17, 15) is 9.59 Å². The van der Waals surface area contributed by atoms with E-state index in [1.807, 2.05) is 0 Å². The zero-order valence-electron chi connectivity index (χ0n) is 17.6. The Hall–Kier alpha value is -2.96. The molecule has 3 aromatic rings. The third-order valence-electron chi connectivity index (χ3n) is 4.37. The fourth-order valence-electron chi connectivity index (χ4n) is 2.73. The molecule has 1 aromatic heterocycles. The standard InChI is InChI=1S/C24H22Cl2N2O4/c1-15(25)13-31-23(29)19-7-3-17(4-8-19)21-11-27-22(28-12-21)18-5-9-20(10-6-18)24(30)32-14-16(2)26/h3-12,15-16H,13-14H2,1-2H3/t15-,16-/m0/s1. The largest absolute Gasteiger partial charge is 0.461 e. The molecule has 8 heteroatoms. The summed E-state index contributed by atoms with van der Waals surface area (Å²) in [6.07, 6.45) is 3.41. The number of rotatable bonds is 8. The molecule has 0 aliphatic heterocycles. The molecule has 0 aliphatic rings. The lowest BCUT2D eigenvalue weighted by Crippen LogP contribution is -2.11. The molecule has 0 saturated heterocycles. The van der Waals surface area contributed by atoms with Gasteiger partial charge in [0.2, 0.25) is 0 Å². The van der Waals surface area contributed by atoms with E-state index in [-0.39, 0.29) is 24.0 Å². The number of hydrogen-bond acceptors (Lipinski definition) is 6. The van der Waals surface area contributed by atoms with Gasteiger partial charge in [-0.15, -0.1) is 23.2 Å². The molecule has 6 nitrogen and oxygen atoms in total. The molecular weight excluding hydrogens is 451 g/mol. The summed E-state index contributed by atoms with van der Waals surface area (Å²) in [4.78, 5) is 32.8. The van der Waals surface area contributed by atoms with E-state index in [1.165, 1.54) is 0 Å². The van der Waals surface area contributed by atoms with Crippen molar-refractivity contribution in [2.24, 2.45) is 0 Å². The molecule has 166 valence electrons. The van der Waals surface area contributed by atoms with Gasteiger partial charge in [-0.3, -0.25) is 0 Å². The van der Waals surface area contributed by atoms with Crippen molar-refractivity contribution in [1.82, 2.24) is 9.97 Å². The fourth-order valence-corrected chi connectivity index (χ4v) is 2.85. The molecule has 2 aromatic carbocycles. The van der Waals surface area contributed by atoms with Crippen LogP contribution in [0, 0.1) is 0 Å². The predicted octanol–water partition coefficient (Wildman–Crippen LogP) is 5.38. The highest BCUT2D eigenvalue weighted by atomic mass is 35.5. The van der Waals surface area contributed by atoms with E-state index >= 15 is 0 Å². The van der Waals surface area contributed by atoms with Crippen molar-refractivity contribution in [3.63, 3.8) is 0 Å². The van der Waals surface area contributed by atoms with Crippen molar-refractivity contribution in [2.75, 3.05) is 13.2 Å². The lowest BCUT2D eigenvalue weighted by atomic mass is 10.1. The van der Waals surface area contributed by atoms with Crippen LogP contribution in [0.1, 0.15) is 34.6 Å². The van der Waals surface area contributed by atoms with Gasteiger partial charge in [-0.1, -0.05) is 24.3 Å². The molecule has 0 unspecified atom stereocenters. The number of alkyl halides is 2. The predicted molar refractivity (Wildman–Crippen MR) is 124 cm³/mol. The molecule has 0 spiro atoms. The van der Waals surface area contributed by atoms with Crippen LogP contribution in [0.15, 0.2) is 60.9 Å². The Bertz CT molecular complexity index is 964. The first kappa shape index (κ1) is 23.7. The number of nitrogens with zero attached hydrogens (tertiary/aromatic N) is 2. The topological polar surface area (TPSA) is 78.4 Å². The minimum Gasteiger partial charge on any atom is -0.461 e. The van der Waals surface area contributed by atoms with Crippen molar-refractivity contribution in [3.8, 4) is 22.5 Å². The zero-order valence-corrected chi connectivity index (χ0v) is 19.1. The zero-order chi connectivity index (χ0) is 23.1. The molecule has 0 saturated carbocycles. The van der Waals surface area contributed by atoms with Crippen LogP contribution in [-0.2, 0) is 9.47 Å². The van der Waals surface area contributed by atoms with Gasteiger partial charge in [0.25, 0.3) is 0 Å². The third-order valence-corrected chi connectivity index (χ3v) is 4.62. The van der Waals surface area contributed by atoms with Crippen LogP contribution in [0.2, 0.25) is 0 Å². The Balaban J connectivity index is 1.66. The Morgan fingerprint density at radius 2 is 1.12 bits per heavy atom. The average Bonchev–Trinajstić information content (AvgIpc) is 2.81. The quantitative estimate of drug-likeness (QED) is 0.323. The van der Waals surface area contributed by atoms with Crippen LogP contribution in [0.5, 0.6) is 0 Å². The Morgan fingerprint density at radius 1 is 0.719 bits per heavy atom. The minimum atomic E-state index is -0.426. The summed E-state index contributed by atoms with van der Waals surface area (Å²) in [5.74, 6) is -0.316. The molecule has 0 fully saturated rings. The van der Waals surface area contributed by atoms with E-state index in [1.54, 1.807) is 74.8 Å². The van der Waals surface area contributed by atoms with E-state index < -0.39 is 11.9 Å². The van der Waals surface area contributed by atoms with Gasteiger partial charge in [-0.25, -0.2) is 19.6 Å². The highest BCUT2D eigenvalue weighted by Crippen LogP contribution is 2.22. The molecule has 3 rings (SSSR count). The summed E-state index contributed by atoms with van der Waals surface area (Å²) in [5.41, 5.74) is 3.32. The molecule has 0 amide bonds. The van der Waals surface area contributed by atoms with Crippen LogP contribution in [0.3, 0.4) is 0 Å². The first-order chi connectivity index (χ1) is 15.3. The molecule has 2 atom stereocenters. The molecule has 32 heavy (non-hydrogen) atoms. The maximum Gasteiger partial charge on any atom is 0.338 e. The summed E-state index contributed by atoms with van der Waals surface area (Å²) in [6, 6.07) is 13.8. The number of carbonyl (C=O) groups excluding carboxylic acids is 2. The van der Waals surface area contributed by atoms with Gasteiger partial charge in [-0.05, 0) is 43.7 Å². The summed E-state index contributed by atoms with van der Waals surface area (Å²) >= 11 is 11.6. The molecule has 1 heterocycles. The molecule has 0 radical (unpaired) electrons. The van der Waals surface area contributed by atoms with Gasteiger partial charge in [0.1, 0.15) is 13.2 Å². The molecular formula is C24H22Cl2N2O4. The van der Waals surface area contributed by atoms with E-state index in [0.29, 0.717) is 17.0 Å². The minimum absolute atomic E-state index is 0.154. The second-order valence-electron chi connectivity index (χ2n) is 7.21. The van der Waals surface area contributed by atoms with Crippen molar-refractivity contribution in [1.29, 1.82) is 0 Å². The number of aromatic nitrogens is 2. The number of benzene rings is 2. The van der Waals surface area contributed by atoms with E-state index in [4.69, 9.17) is 32.7 Å². The summed E-state index contributed by atoms with van der Waals surface area (Å²) in [5, 5.41) is -0.478. The number of hydrogen-bond donors (Lipinski definition) is 0. The van der Waals surface area contributed by atoms with Gasteiger partial charge < -0.3 is 9.47 Å². The van der Waals surface area contributed by atoms with Crippen LogP contribution in [-0.4, -0.2) is 45.9 Å². The second kappa shape index (κ2) is 11.1. The number of esters is 2. The Labute approximate surface area is 196 Å². The smallest absolute Gasteiger partial charge is 0.338 e. The van der Waals surface area contributed by atoms with Crippen molar-refractivity contribution < 1.29 is 19.1 Å². The van der Waals surface area contributed by atoms with Gasteiger partial charge in [-0.2, -0.15) is 0 Å². The lowest BCUT2D eigenvalue weighted by molar-refractivity contribution is 0.0499. The van der Waals surface area contributed by atoms with Crippen LogP contribution in [0.25, 0.3) is 22.5 Å². The van der Waals surface area contributed by atoms with Crippen molar-refractivity contribution in [2.45, 2.75) is 24.6 Å². The fraction of sp³-hybridized carbons (Fsp3) is 0.250. The molecule has 0 aliphatic carbocycles. The first-order valence-corrected chi connectivity index (χ1v) is 10.9. The molecule has 0 N–H and O–H groups in total. The van der Waals surface area contributed by atoms with Gasteiger partial charge >= 0.3 is 11.9 Å². The normalized spacial score (nSPS) is 12.6. The number of ether oxygens (including phenoxy) is 2. The maximum absolute atomic E-state index is 12.0. The summed E-state index contributed by atoms with van der Waals surface area (Å²) in [7, 11) is 0. The second-order valence-corrected chi connectivity index (χ2v) is 8.70. The van der Waals surface area contributed by atoms with Gasteiger partial charge in [0, 0.05) is 23.5 Å². The Morgan fingerprint density at radius 3 is 1.53 bits per heavy atom. The SMILES string of the molecule is C[C@H](Cl)COC(=O)c1ccc(-c2cnc(-c3ccc(C(=O)OC[C@H](C)Cl)cc3)nc2)cc1. The number of halogens is 2. The summed E-state index contributed by atoms with van der Waals surface area (Å²) < 4.78 is 10.2. The van der Waals surface area contributed by atoms with Crippen LogP contribution >= 0.6 is 23.2 Å². The van der Waals surface area contributed by atoms with E-state index in [0.717, 1.165) is 16.7 Å². The highest BCUT2D eigenvalue weighted by molar-refractivity contribution is 6.20. The van der Waals surface area contributed by atoms with Crippen molar-refractivity contribution >= 4 is 35.1 Å². The third kappa shape index (κ3) is 6.52. The van der Waals surface area contributed by atoms with Gasteiger partial charge in [0.15, 0.2) is 5.82 Å². The van der Waals surface area contributed by atoms with Gasteiger partial charge in [0.05, 0.1) is 21.9 Å². The van der Waals surface area contributed by atoms with E-state index in [2.05, 4.69) is 9.97 Å². The Kier molecular flexibility index (Phi) is 8.20. The maximum atomic E-state index is 12.0. The number of carbonyl (C=O) groups is 2. The summed E-state index contributed by atoms with van der Waals surface area (Å²) in [6.45, 7) is 3.83. The van der Waals surface area contributed by atoms with Crippen LogP contribution < -0.4 is 0 Å². The van der Waals surface area contributed by atoms with Crippen molar-refractivity contribution in [3.05, 3.63) is 72.1 Å². The van der Waals surface area contributed by atoms with Crippen LogP contribution in [0.4, 0.5) is 0 Å². The average molecular weight is 473 g/mol.